The highest BCUT2D eigenvalue weighted by atomic mass is 16.4. The van der Waals surface area contributed by atoms with Gasteiger partial charge in [0, 0.05) is 5.92 Å². The minimum absolute atomic E-state index is 0.179. The van der Waals surface area contributed by atoms with Crippen LogP contribution in [0.15, 0.2) is 24.3 Å². The molecular formula is C14H17NO4. The number of nitrogens with one attached hydrogen (secondary N) is 1. The fourth-order valence-electron chi connectivity index (χ4n) is 2.22. The molecular weight excluding hydrogens is 246 g/mol. The lowest BCUT2D eigenvalue weighted by atomic mass is 10.0. The number of hydrogen-bond acceptors (Lipinski definition) is 3. The third-order valence-corrected chi connectivity index (χ3v) is 3.49. The maximum atomic E-state index is 12.0. The van der Waals surface area contributed by atoms with Crippen molar-refractivity contribution < 1.29 is 19.8 Å². The first-order valence-electron chi connectivity index (χ1n) is 6.20. The monoisotopic (exact) mass is 263 g/mol. The molecule has 1 aliphatic rings. The Labute approximate surface area is 111 Å². The fraction of sp³-hybridized carbons (Fsp3) is 0.429. The molecule has 19 heavy (non-hydrogen) atoms. The van der Waals surface area contributed by atoms with Gasteiger partial charge in [0.2, 0.25) is 5.91 Å². The van der Waals surface area contributed by atoms with E-state index in [1.54, 1.807) is 0 Å². The summed E-state index contributed by atoms with van der Waals surface area (Å²) in [6.45, 7) is 0.882. The molecule has 1 aromatic carbocycles. The van der Waals surface area contributed by atoms with E-state index >= 15 is 0 Å². The maximum absolute atomic E-state index is 12.0. The van der Waals surface area contributed by atoms with Gasteiger partial charge in [0.05, 0.1) is 6.54 Å². The molecule has 0 saturated carbocycles. The average molecular weight is 263 g/mol. The molecule has 5 heteroatoms. The van der Waals surface area contributed by atoms with Crippen LogP contribution in [0.1, 0.15) is 18.1 Å². The minimum Gasteiger partial charge on any atom is -0.479 e. The highest BCUT2D eigenvalue weighted by Crippen LogP contribution is 2.26. The number of fused-ring (bicyclic) bond motifs is 1. The van der Waals surface area contributed by atoms with Crippen molar-refractivity contribution in [2.75, 3.05) is 6.54 Å². The second-order valence-electron chi connectivity index (χ2n) is 5.17. The molecule has 102 valence electrons. The molecule has 1 atom stereocenters. The van der Waals surface area contributed by atoms with Gasteiger partial charge in [-0.2, -0.15) is 0 Å². The molecule has 1 amide bonds. The molecule has 1 aliphatic carbocycles. The van der Waals surface area contributed by atoms with Gasteiger partial charge in [-0.3, -0.25) is 4.79 Å². The second-order valence-corrected chi connectivity index (χ2v) is 5.17. The van der Waals surface area contributed by atoms with Crippen LogP contribution >= 0.6 is 0 Å². The van der Waals surface area contributed by atoms with E-state index in [-0.39, 0.29) is 18.4 Å². The van der Waals surface area contributed by atoms with Crippen molar-refractivity contribution in [2.24, 2.45) is 5.92 Å². The van der Waals surface area contributed by atoms with Crippen molar-refractivity contribution in [3.8, 4) is 0 Å². The molecule has 2 rings (SSSR count). The van der Waals surface area contributed by atoms with Crippen LogP contribution in [-0.4, -0.2) is 34.2 Å². The Bertz CT molecular complexity index is 485. The molecule has 0 bridgehead atoms. The first kappa shape index (κ1) is 13.5. The van der Waals surface area contributed by atoms with Crippen molar-refractivity contribution in [1.82, 2.24) is 5.32 Å². The molecule has 0 heterocycles. The van der Waals surface area contributed by atoms with E-state index in [2.05, 4.69) is 5.32 Å². The zero-order chi connectivity index (χ0) is 14.0. The fourth-order valence-corrected chi connectivity index (χ4v) is 2.22. The quantitative estimate of drug-likeness (QED) is 0.731. The third kappa shape index (κ3) is 2.93. The standard InChI is InChI=1S/C14H17NO4/c1-14(19,13(17)18)8-15-12(16)11-6-9-4-2-3-5-10(9)7-11/h2-5,11,19H,6-8H2,1H3,(H,15,16)(H,17,18). The first-order chi connectivity index (χ1) is 8.90. The summed E-state index contributed by atoms with van der Waals surface area (Å²) in [5.41, 5.74) is 0.390. The second kappa shape index (κ2) is 5.01. The predicted octanol–water partition coefficient (Wildman–Crippen LogP) is 0.353. The van der Waals surface area contributed by atoms with Crippen LogP contribution in [0, 0.1) is 5.92 Å². The SMILES string of the molecule is CC(O)(CNC(=O)C1Cc2ccccc2C1)C(=O)O. The normalized spacial score (nSPS) is 17.6. The van der Waals surface area contributed by atoms with E-state index in [9.17, 15) is 14.7 Å². The van der Waals surface area contributed by atoms with Crippen LogP contribution in [0.3, 0.4) is 0 Å². The summed E-state index contributed by atoms with van der Waals surface area (Å²) >= 11 is 0. The average Bonchev–Trinajstić information content (AvgIpc) is 2.79. The van der Waals surface area contributed by atoms with Gasteiger partial charge in [-0.1, -0.05) is 24.3 Å². The van der Waals surface area contributed by atoms with E-state index in [1.807, 2.05) is 24.3 Å². The van der Waals surface area contributed by atoms with Crippen LogP contribution in [0.2, 0.25) is 0 Å². The van der Waals surface area contributed by atoms with E-state index in [1.165, 1.54) is 6.92 Å². The largest absolute Gasteiger partial charge is 0.479 e. The Balaban J connectivity index is 1.92. The number of benzene rings is 1. The lowest BCUT2D eigenvalue weighted by molar-refractivity contribution is -0.156. The number of hydrogen-bond donors (Lipinski definition) is 3. The van der Waals surface area contributed by atoms with Gasteiger partial charge in [-0.05, 0) is 30.9 Å². The van der Waals surface area contributed by atoms with Crippen LogP contribution < -0.4 is 5.32 Å². The van der Waals surface area contributed by atoms with Crippen LogP contribution in [0.5, 0.6) is 0 Å². The lowest BCUT2D eigenvalue weighted by Gasteiger charge is -2.19. The van der Waals surface area contributed by atoms with Gasteiger partial charge < -0.3 is 15.5 Å². The topological polar surface area (TPSA) is 86.6 Å². The van der Waals surface area contributed by atoms with Crippen molar-refractivity contribution in [3.63, 3.8) is 0 Å². The summed E-state index contributed by atoms with van der Waals surface area (Å²) < 4.78 is 0. The molecule has 5 nitrogen and oxygen atoms in total. The molecule has 1 aromatic rings. The Morgan fingerprint density at radius 1 is 1.32 bits per heavy atom. The number of aliphatic carboxylic acids is 1. The first-order valence-corrected chi connectivity index (χ1v) is 6.20. The predicted molar refractivity (Wildman–Crippen MR) is 68.6 cm³/mol. The minimum atomic E-state index is -1.93. The number of amides is 1. The summed E-state index contributed by atoms with van der Waals surface area (Å²) in [6.07, 6.45) is 1.33. The van der Waals surface area contributed by atoms with Gasteiger partial charge in [0.15, 0.2) is 5.60 Å². The van der Waals surface area contributed by atoms with E-state index in [0.717, 1.165) is 11.1 Å². The number of carboxylic acid groups (broad SMARTS) is 1. The van der Waals surface area contributed by atoms with Crippen molar-refractivity contribution >= 4 is 11.9 Å². The molecule has 0 aliphatic heterocycles. The van der Waals surface area contributed by atoms with Crippen molar-refractivity contribution in [3.05, 3.63) is 35.4 Å². The summed E-state index contributed by atoms with van der Waals surface area (Å²) in [4.78, 5) is 22.7. The molecule has 0 radical (unpaired) electrons. The zero-order valence-corrected chi connectivity index (χ0v) is 10.7. The molecule has 0 spiro atoms. The molecule has 1 unspecified atom stereocenters. The van der Waals surface area contributed by atoms with Gasteiger partial charge in [0.25, 0.3) is 0 Å². The van der Waals surface area contributed by atoms with Crippen LogP contribution in [-0.2, 0) is 22.4 Å². The molecule has 0 fully saturated rings. The van der Waals surface area contributed by atoms with Gasteiger partial charge >= 0.3 is 5.97 Å². The van der Waals surface area contributed by atoms with E-state index < -0.39 is 11.6 Å². The number of carboxylic acids is 1. The Kier molecular flexibility index (Phi) is 3.57. The number of rotatable bonds is 4. The Morgan fingerprint density at radius 2 is 1.84 bits per heavy atom. The van der Waals surface area contributed by atoms with Gasteiger partial charge in [-0.25, -0.2) is 4.79 Å². The number of carbonyl (C=O) groups is 2. The van der Waals surface area contributed by atoms with E-state index in [0.29, 0.717) is 12.8 Å². The van der Waals surface area contributed by atoms with Crippen LogP contribution in [0.4, 0.5) is 0 Å². The molecule has 0 saturated heterocycles. The third-order valence-electron chi connectivity index (χ3n) is 3.49. The smallest absolute Gasteiger partial charge is 0.337 e. The highest BCUT2D eigenvalue weighted by molar-refractivity contribution is 5.82. The van der Waals surface area contributed by atoms with Crippen molar-refractivity contribution in [1.29, 1.82) is 0 Å². The Hall–Kier alpha value is -1.88. The molecule has 3 N–H and O–H groups in total. The lowest BCUT2D eigenvalue weighted by Crippen LogP contribution is -2.48. The summed E-state index contributed by atoms with van der Waals surface area (Å²) in [5, 5.41) is 20.8. The molecule has 0 aromatic heterocycles. The highest BCUT2D eigenvalue weighted by Gasteiger charge is 2.32. The zero-order valence-electron chi connectivity index (χ0n) is 10.7. The van der Waals surface area contributed by atoms with Gasteiger partial charge in [-0.15, -0.1) is 0 Å². The Morgan fingerprint density at radius 3 is 2.32 bits per heavy atom. The number of carbonyl (C=O) groups excluding carboxylic acids is 1. The van der Waals surface area contributed by atoms with E-state index in [4.69, 9.17) is 5.11 Å². The number of aliphatic hydroxyl groups is 1. The van der Waals surface area contributed by atoms with Crippen LogP contribution in [0.25, 0.3) is 0 Å². The van der Waals surface area contributed by atoms with Gasteiger partial charge in [0.1, 0.15) is 0 Å². The maximum Gasteiger partial charge on any atom is 0.337 e. The summed E-state index contributed by atoms with van der Waals surface area (Å²) in [5.74, 6) is -1.73. The van der Waals surface area contributed by atoms with Crippen molar-refractivity contribution in [2.45, 2.75) is 25.4 Å². The summed E-state index contributed by atoms with van der Waals surface area (Å²) in [6, 6.07) is 7.87. The summed E-state index contributed by atoms with van der Waals surface area (Å²) in [7, 11) is 0.